The van der Waals surface area contributed by atoms with Gasteiger partial charge >= 0.3 is 5.97 Å². The molecule has 0 saturated carbocycles. The average molecular weight is 397 g/mol. The van der Waals surface area contributed by atoms with Crippen LogP contribution in [0.3, 0.4) is 0 Å². The monoisotopic (exact) mass is 397 g/mol. The Kier molecular flexibility index (Phi) is 5.40. The fourth-order valence-electron chi connectivity index (χ4n) is 3.24. The van der Waals surface area contributed by atoms with Crippen LogP contribution in [0, 0.1) is 6.92 Å². The van der Waals surface area contributed by atoms with Gasteiger partial charge in [-0.2, -0.15) is 0 Å². The second-order valence-corrected chi connectivity index (χ2v) is 7.03. The number of carboxylic acid groups (broad SMARTS) is 1. The molecule has 1 amide bonds. The number of fused-ring (bicyclic) bond motifs is 1. The Morgan fingerprint density at radius 2 is 2.07 bits per heavy atom. The van der Waals surface area contributed by atoms with Crippen LogP contribution in [0.25, 0.3) is 16.6 Å². The van der Waals surface area contributed by atoms with Gasteiger partial charge in [0.2, 0.25) is 0 Å². The van der Waals surface area contributed by atoms with Crippen LogP contribution in [0.1, 0.15) is 21.5 Å². The number of nitrogens with zero attached hydrogens (tertiary/aromatic N) is 3. The molecule has 0 aliphatic carbocycles. The highest BCUT2D eigenvalue weighted by atomic mass is 16.4. The maximum absolute atomic E-state index is 12.7. The quantitative estimate of drug-likeness (QED) is 0.671. The van der Waals surface area contributed by atoms with Crippen LogP contribution < -0.4 is 16.2 Å². The Morgan fingerprint density at radius 1 is 1.34 bits per heavy atom. The Morgan fingerprint density at radius 3 is 2.66 bits per heavy atom. The predicted octanol–water partition coefficient (Wildman–Crippen LogP) is 0.446. The summed E-state index contributed by atoms with van der Waals surface area (Å²) in [5.41, 5.74) is 2.22. The number of rotatable bonds is 5. The largest absolute Gasteiger partial charge is 0.480 e. The van der Waals surface area contributed by atoms with E-state index in [-0.39, 0.29) is 5.56 Å². The number of hydrogen-bond donors (Lipinski definition) is 3. The summed E-state index contributed by atoms with van der Waals surface area (Å²) in [6.07, 6.45) is 5.68. The van der Waals surface area contributed by atoms with Crippen molar-refractivity contribution >= 4 is 28.5 Å². The van der Waals surface area contributed by atoms with Crippen LogP contribution in [0.4, 0.5) is 0 Å². The number of aryl methyl sites for hydroxylation is 2. The van der Waals surface area contributed by atoms with E-state index in [0.29, 0.717) is 23.1 Å². The van der Waals surface area contributed by atoms with Crippen LogP contribution in [0.2, 0.25) is 0 Å². The molecule has 3 N–H and O–H groups in total. The molecule has 2 aromatic heterocycles. The molecule has 0 aromatic carbocycles. The lowest BCUT2D eigenvalue weighted by Crippen LogP contribution is -2.36. The first-order valence-corrected chi connectivity index (χ1v) is 9.02. The van der Waals surface area contributed by atoms with Crippen molar-refractivity contribution in [2.24, 2.45) is 7.05 Å². The number of aliphatic carboxylic acids is 1. The van der Waals surface area contributed by atoms with E-state index in [2.05, 4.69) is 15.6 Å². The number of carbonyl (C=O) groups excluding carboxylic acids is 1. The number of hydrogen-bond acceptors (Lipinski definition) is 6. The van der Waals surface area contributed by atoms with E-state index in [1.165, 1.54) is 11.6 Å². The maximum atomic E-state index is 12.7. The number of pyridine rings is 2. The zero-order valence-corrected chi connectivity index (χ0v) is 16.7. The second kappa shape index (κ2) is 7.78. The smallest absolute Gasteiger partial charge is 0.322 e. The number of carboxylic acids is 1. The van der Waals surface area contributed by atoms with E-state index in [9.17, 15) is 14.4 Å². The normalized spacial score (nSPS) is 13.4. The molecule has 0 atom stereocenters. The number of nitrogens with one attached hydrogen (secondary N) is 2. The fourth-order valence-corrected chi connectivity index (χ4v) is 3.24. The first-order valence-electron chi connectivity index (χ1n) is 9.02. The summed E-state index contributed by atoms with van der Waals surface area (Å²) in [6.45, 7) is 1.73. The summed E-state index contributed by atoms with van der Waals surface area (Å²) in [5, 5.41) is 15.0. The molecule has 0 radical (unpaired) electrons. The van der Waals surface area contributed by atoms with Crippen molar-refractivity contribution in [1.82, 2.24) is 25.1 Å². The van der Waals surface area contributed by atoms with Crippen molar-refractivity contribution in [3.05, 3.63) is 57.3 Å². The number of dihydropyridines is 1. The molecule has 0 saturated heterocycles. The first kappa shape index (κ1) is 20.1. The van der Waals surface area contributed by atoms with Crippen molar-refractivity contribution in [2.45, 2.75) is 6.92 Å². The van der Waals surface area contributed by atoms with Gasteiger partial charge in [0.1, 0.15) is 23.6 Å². The van der Waals surface area contributed by atoms with Gasteiger partial charge in [0, 0.05) is 39.3 Å². The molecular weight excluding hydrogens is 374 g/mol. The van der Waals surface area contributed by atoms with Crippen LogP contribution in [0.15, 0.2) is 35.0 Å². The molecule has 3 heterocycles. The molecule has 9 nitrogen and oxygen atoms in total. The summed E-state index contributed by atoms with van der Waals surface area (Å²) in [6, 6.07) is 1.90. The third-order valence-electron chi connectivity index (χ3n) is 4.86. The summed E-state index contributed by atoms with van der Waals surface area (Å²) in [5.74, 6) is -0.896. The lowest BCUT2D eigenvalue weighted by Gasteiger charge is -2.23. The van der Waals surface area contributed by atoms with E-state index >= 15 is 0 Å². The third kappa shape index (κ3) is 3.84. The Balaban J connectivity index is 2.10. The molecule has 3 rings (SSSR count). The number of allylic oxidation sites excluding steroid dienone is 2. The van der Waals surface area contributed by atoms with E-state index in [0.717, 1.165) is 17.0 Å². The van der Waals surface area contributed by atoms with E-state index in [1.54, 1.807) is 13.1 Å². The molecule has 0 fully saturated rings. The summed E-state index contributed by atoms with van der Waals surface area (Å²) in [7, 11) is 5.45. The zero-order valence-electron chi connectivity index (χ0n) is 16.7. The maximum Gasteiger partial charge on any atom is 0.322 e. The highest BCUT2D eigenvalue weighted by Crippen LogP contribution is 2.24. The Labute approximate surface area is 167 Å². The summed E-state index contributed by atoms with van der Waals surface area (Å²) >= 11 is 0. The second-order valence-electron chi connectivity index (χ2n) is 7.03. The zero-order chi connectivity index (χ0) is 21.3. The average Bonchev–Trinajstić information content (AvgIpc) is 2.70. The topological polar surface area (TPSA) is 117 Å². The van der Waals surface area contributed by atoms with Gasteiger partial charge < -0.3 is 20.6 Å². The van der Waals surface area contributed by atoms with Crippen LogP contribution in [-0.4, -0.2) is 58.6 Å². The molecule has 1 aliphatic heterocycles. The number of aromatic nitrogens is 2. The molecular formula is C20H23N5O4. The third-order valence-corrected chi connectivity index (χ3v) is 4.86. The van der Waals surface area contributed by atoms with Gasteiger partial charge in [-0.05, 0) is 35.8 Å². The van der Waals surface area contributed by atoms with E-state index in [4.69, 9.17) is 5.11 Å². The predicted molar refractivity (Wildman–Crippen MR) is 109 cm³/mol. The van der Waals surface area contributed by atoms with Crippen molar-refractivity contribution < 1.29 is 14.7 Å². The highest BCUT2D eigenvalue weighted by molar-refractivity contribution is 6.00. The minimum Gasteiger partial charge on any atom is -0.480 e. The van der Waals surface area contributed by atoms with Crippen LogP contribution in [0.5, 0.6) is 0 Å². The van der Waals surface area contributed by atoms with Gasteiger partial charge in [-0.25, -0.2) is 4.98 Å². The Bertz CT molecular complexity index is 1130. The van der Waals surface area contributed by atoms with Gasteiger partial charge in [-0.1, -0.05) is 6.08 Å². The van der Waals surface area contributed by atoms with E-state index < -0.39 is 24.0 Å². The van der Waals surface area contributed by atoms with Gasteiger partial charge in [0.05, 0.1) is 0 Å². The SMILES string of the molecule is Cc1c(C(=O)NCC(=O)O)c(=O)n(C)c2ncc(C3=CC=C(N(C)C)NC3)cc12. The van der Waals surface area contributed by atoms with Crippen LogP contribution >= 0.6 is 0 Å². The van der Waals surface area contributed by atoms with Crippen molar-refractivity contribution in [1.29, 1.82) is 0 Å². The molecule has 0 bridgehead atoms. The lowest BCUT2D eigenvalue weighted by molar-refractivity contribution is -0.135. The molecule has 0 spiro atoms. The summed E-state index contributed by atoms with van der Waals surface area (Å²) in [4.78, 5) is 42.3. The minimum absolute atomic E-state index is 0.0780. The lowest BCUT2D eigenvalue weighted by atomic mass is 10.0. The standard InChI is InChI=1S/C20H23N5O4/c1-11-14-7-13(12-5-6-15(21-8-12)24(2)3)9-22-18(14)25(4)20(29)17(11)19(28)23-10-16(26)27/h5-7,9,21H,8,10H2,1-4H3,(H,23,28)(H,26,27). The van der Waals surface area contributed by atoms with Gasteiger partial charge in [0.15, 0.2) is 0 Å². The fraction of sp³-hybridized carbons (Fsp3) is 0.300. The highest BCUT2D eigenvalue weighted by Gasteiger charge is 2.20. The molecule has 29 heavy (non-hydrogen) atoms. The van der Waals surface area contributed by atoms with Crippen molar-refractivity contribution in [3.63, 3.8) is 0 Å². The Hall–Kier alpha value is -3.62. The molecule has 1 aliphatic rings. The van der Waals surface area contributed by atoms with Crippen molar-refractivity contribution in [3.8, 4) is 0 Å². The first-order chi connectivity index (χ1) is 13.7. The van der Waals surface area contributed by atoms with E-state index in [1.807, 2.05) is 37.2 Å². The summed E-state index contributed by atoms with van der Waals surface area (Å²) < 4.78 is 1.30. The van der Waals surface area contributed by atoms with Gasteiger partial charge in [-0.15, -0.1) is 0 Å². The van der Waals surface area contributed by atoms with Crippen LogP contribution in [-0.2, 0) is 11.8 Å². The molecule has 2 aromatic rings. The minimum atomic E-state index is -1.18. The number of amides is 1. The molecule has 0 unspecified atom stereocenters. The van der Waals surface area contributed by atoms with Crippen molar-refractivity contribution in [2.75, 3.05) is 27.2 Å². The molecule has 152 valence electrons. The van der Waals surface area contributed by atoms with Gasteiger partial charge in [-0.3, -0.25) is 19.0 Å². The van der Waals surface area contributed by atoms with Gasteiger partial charge in [0.25, 0.3) is 11.5 Å². The molecule has 9 heteroatoms. The number of carbonyl (C=O) groups is 2.